The normalized spacial score (nSPS) is 20.8. The van der Waals surface area contributed by atoms with Gasteiger partial charge >= 0.3 is 5.97 Å². The molecule has 0 aromatic rings. The quantitative estimate of drug-likeness (QED) is 0.785. The molecule has 2 atom stereocenters. The van der Waals surface area contributed by atoms with E-state index in [9.17, 15) is 14.7 Å². The van der Waals surface area contributed by atoms with Crippen molar-refractivity contribution in [1.82, 2.24) is 5.32 Å². The Hall–Kier alpha value is -0.550. The lowest BCUT2D eigenvalue weighted by Gasteiger charge is -2.31. The van der Waals surface area contributed by atoms with E-state index in [0.29, 0.717) is 11.7 Å². The summed E-state index contributed by atoms with van der Waals surface area (Å²) in [6.45, 7) is 5.44. The molecule has 1 fully saturated rings. The van der Waals surface area contributed by atoms with E-state index in [1.165, 1.54) is 6.92 Å². The number of hydrogen-bond donors (Lipinski definition) is 2. The van der Waals surface area contributed by atoms with Crippen molar-refractivity contribution in [3.05, 3.63) is 0 Å². The maximum atomic E-state index is 11.3. The lowest BCUT2D eigenvalue weighted by Crippen LogP contribution is -2.36. The first-order valence-corrected chi connectivity index (χ1v) is 7.07. The molecule has 5 heteroatoms. The van der Waals surface area contributed by atoms with Crippen LogP contribution in [0.4, 0.5) is 0 Å². The molecular formula is C12H21NO3S. The van der Waals surface area contributed by atoms with Crippen molar-refractivity contribution >= 4 is 22.8 Å². The Balaban J connectivity index is 2.55. The van der Waals surface area contributed by atoms with Crippen LogP contribution in [-0.4, -0.2) is 35.0 Å². The molecule has 0 aliphatic carbocycles. The van der Waals surface area contributed by atoms with Crippen LogP contribution in [-0.2, 0) is 9.59 Å². The van der Waals surface area contributed by atoms with Crippen LogP contribution in [0.2, 0.25) is 0 Å². The lowest BCUT2D eigenvalue weighted by atomic mass is 9.79. The van der Waals surface area contributed by atoms with Crippen molar-refractivity contribution in [2.24, 2.45) is 17.8 Å². The van der Waals surface area contributed by atoms with E-state index >= 15 is 0 Å². The van der Waals surface area contributed by atoms with Gasteiger partial charge in [0.15, 0.2) is 5.12 Å². The third-order valence-electron chi connectivity index (χ3n) is 3.55. The van der Waals surface area contributed by atoms with E-state index in [-0.39, 0.29) is 11.0 Å². The molecule has 0 aromatic carbocycles. The summed E-state index contributed by atoms with van der Waals surface area (Å²) in [5, 5.41) is 12.5. The zero-order valence-corrected chi connectivity index (χ0v) is 11.3. The Bertz CT molecular complexity index is 277. The van der Waals surface area contributed by atoms with Gasteiger partial charge in [-0.25, -0.2) is 0 Å². The van der Waals surface area contributed by atoms with E-state index in [1.807, 2.05) is 6.92 Å². The maximum Gasteiger partial charge on any atom is 0.307 e. The van der Waals surface area contributed by atoms with Crippen molar-refractivity contribution in [2.45, 2.75) is 26.7 Å². The van der Waals surface area contributed by atoms with Crippen LogP contribution in [0.3, 0.4) is 0 Å². The highest BCUT2D eigenvalue weighted by Crippen LogP contribution is 2.30. The molecule has 0 bridgehead atoms. The minimum absolute atomic E-state index is 0.00578. The van der Waals surface area contributed by atoms with Gasteiger partial charge in [-0.15, -0.1) is 0 Å². The number of nitrogens with one attached hydrogen (secondary N) is 1. The molecule has 1 rings (SSSR count). The van der Waals surface area contributed by atoms with Crippen molar-refractivity contribution < 1.29 is 14.7 Å². The van der Waals surface area contributed by atoms with Crippen molar-refractivity contribution in [3.8, 4) is 0 Å². The molecule has 1 aliphatic heterocycles. The molecule has 0 amide bonds. The van der Waals surface area contributed by atoms with Crippen LogP contribution in [0.1, 0.15) is 26.7 Å². The van der Waals surface area contributed by atoms with Crippen molar-refractivity contribution in [3.63, 3.8) is 0 Å². The van der Waals surface area contributed by atoms with Crippen LogP contribution in [0, 0.1) is 17.8 Å². The number of rotatable bonds is 5. The van der Waals surface area contributed by atoms with Gasteiger partial charge in [0, 0.05) is 12.7 Å². The largest absolute Gasteiger partial charge is 0.481 e. The average molecular weight is 259 g/mol. The fourth-order valence-electron chi connectivity index (χ4n) is 2.35. The standard InChI is InChI=1S/C12H21NO3S/c1-8(10-3-5-13-6-4-10)11(12(15)16)7-17-9(2)14/h8,10-11,13H,3-7H2,1-2H3,(H,15,16). The first-order chi connectivity index (χ1) is 8.02. The molecule has 2 N–H and O–H groups in total. The first-order valence-electron chi connectivity index (χ1n) is 6.09. The number of carbonyl (C=O) groups is 2. The molecule has 17 heavy (non-hydrogen) atoms. The number of carboxylic acid groups (broad SMARTS) is 1. The summed E-state index contributed by atoms with van der Waals surface area (Å²) in [4.78, 5) is 22.2. The molecule has 4 nitrogen and oxygen atoms in total. The topological polar surface area (TPSA) is 66.4 Å². The Kier molecular flexibility index (Phi) is 5.98. The maximum absolute atomic E-state index is 11.3. The van der Waals surface area contributed by atoms with Gasteiger partial charge in [0.1, 0.15) is 0 Å². The second kappa shape index (κ2) is 7.01. The molecular weight excluding hydrogens is 238 g/mol. The van der Waals surface area contributed by atoms with Crippen molar-refractivity contribution in [2.75, 3.05) is 18.8 Å². The molecule has 0 aromatic heterocycles. The highest BCUT2D eigenvalue weighted by Gasteiger charge is 2.31. The first kappa shape index (κ1) is 14.5. The Morgan fingerprint density at radius 1 is 1.41 bits per heavy atom. The summed E-state index contributed by atoms with van der Waals surface area (Å²) in [7, 11) is 0. The van der Waals surface area contributed by atoms with Gasteiger partial charge in [0.05, 0.1) is 5.92 Å². The molecule has 0 saturated carbocycles. The fourth-order valence-corrected chi connectivity index (χ4v) is 3.21. The van der Waals surface area contributed by atoms with Crippen LogP contribution in [0.25, 0.3) is 0 Å². The predicted molar refractivity (Wildman–Crippen MR) is 69.0 cm³/mol. The van der Waals surface area contributed by atoms with E-state index in [1.54, 1.807) is 0 Å². The number of aliphatic carboxylic acids is 1. The van der Waals surface area contributed by atoms with E-state index in [4.69, 9.17) is 0 Å². The molecule has 1 heterocycles. The van der Waals surface area contributed by atoms with Gasteiger partial charge in [0.25, 0.3) is 0 Å². The number of carboxylic acids is 1. The van der Waals surface area contributed by atoms with Crippen LogP contribution in [0.15, 0.2) is 0 Å². The number of carbonyl (C=O) groups excluding carboxylic acids is 1. The third kappa shape index (κ3) is 4.68. The summed E-state index contributed by atoms with van der Waals surface area (Å²) in [5.41, 5.74) is 0. The molecule has 98 valence electrons. The van der Waals surface area contributed by atoms with Crippen LogP contribution < -0.4 is 5.32 Å². The van der Waals surface area contributed by atoms with Gasteiger partial charge in [-0.1, -0.05) is 18.7 Å². The SMILES string of the molecule is CC(=O)SCC(C(=O)O)C(C)C1CCNCC1. The second-order valence-electron chi connectivity index (χ2n) is 4.69. The van der Waals surface area contributed by atoms with Gasteiger partial charge in [-0.05, 0) is 37.8 Å². The third-order valence-corrected chi connectivity index (χ3v) is 4.48. The summed E-state index contributed by atoms with van der Waals surface area (Å²) >= 11 is 1.12. The van der Waals surface area contributed by atoms with E-state index in [0.717, 1.165) is 37.7 Å². The van der Waals surface area contributed by atoms with Gasteiger partial charge in [0.2, 0.25) is 0 Å². The summed E-state index contributed by atoms with van der Waals surface area (Å²) < 4.78 is 0. The second-order valence-corrected chi connectivity index (χ2v) is 5.89. The van der Waals surface area contributed by atoms with E-state index < -0.39 is 11.9 Å². The van der Waals surface area contributed by atoms with Gasteiger partial charge in [-0.2, -0.15) is 0 Å². The Morgan fingerprint density at radius 2 is 2.00 bits per heavy atom. The highest BCUT2D eigenvalue weighted by atomic mass is 32.2. The van der Waals surface area contributed by atoms with Gasteiger partial charge in [-0.3, -0.25) is 9.59 Å². The number of piperidine rings is 1. The molecule has 2 unspecified atom stereocenters. The molecule has 1 aliphatic rings. The smallest absolute Gasteiger partial charge is 0.307 e. The fraction of sp³-hybridized carbons (Fsp3) is 0.833. The molecule has 0 radical (unpaired) electrons. The monoisotopic (exact) mass is 259 g/mol. The Labute approximate surface area is 107 Å². The highest BCUT2D eigenvalue weighted by molar-refractivity contribution is 8.13. The number of thioether (sulfide) groups is 1. The number of hydrogen-bond acceptors (Lipinski definition) is 4. The molecule has 1 saturated heterocycles. The van der Waals surface area contributed by atoms with Crippen LogP contribution in [0.5, 0.6) is 0 Å². The zero-order chi connectivity index (χ0) is 12.8. The predicted octanol–water partition coefficient (Wildman–Crippen LogP) is 1.60. The van der Waals surface area contributed by atoms with E-state index in [2.05, 4.69) is 5.32 Å². The van der Waals surface area contributed by atoms with Crippen molar-refractivity contribution in [1.29, 1.82) is 0 Å². The molecule has 0 spiro atoms. The summed E-state index contributed by atoms with van der Waals surface area (Å²) in [5.74, 6) is -0.182. The Morgan fingerprint density at radius 3 is 2.47 bits per heavy atom. The lowest BCUT2D eigenvalue weighted by molar-refractivity contribution is -0.143. The minimum atomic E-state index is -0.773. The minimum Gasteiger partial charge on any atom is -0.481 e. The van der Waals surface area contributed by atoms with Gasteiger partial charge < -0.3 is 10.4 Å². The average Bonchev–Trinajstić information content (AvgIpc) is 2.29. The van der Waals surface area contributed by atoms with Crippen LogP contribution >= 0.6 is 11.8 Å². The summed E-state index contributed by atoms with van der Waals surface area (Å²) in [6.07, 6.45) is 2.07. The zero-order valence-electron chi connectivity index (χ0n) is 10.4. The summed E-state index contributed by atoms with van der Waals surface area (Å²) in [6, 6.07) is 0.